The number of carbonyl (C=O) groups is 1. The van der Waals surface area contributed by atoms with Gasteiger partial charge in [0.25, 0.3) is 0 Å². The van der Waals surface area contributed by atoms with Crippen LogP contribution in [0.4, 0.5) is 11.4 Å². The summed E-state index contributed by atoms with van der Waals surface area (Å²) in [5.41, 5.74) is 3.22. The largest absolute Gasteiger partial charge is 0.378 e. The zero-order valence-corrected chi connectivity index (χ0v) is 15.3. The molecular weight excluding hydrogens is 334 g/mol. The zero-order chi connectivity index (χ0) is 17.6. The van der Waals surface area contributed by atoms with Crippen LogP contribution in [-0.2, 0) is 4.79 Å². The van der Waals surface area contributed by atoms with Crippen LogP contribution in [0.15, 0.2) is 48.5 Å². The number of fused-ring (bicyclic) bond motifs is 1. The summed E-state index contributed by atoms with van der Waals surface area (Å²) in [6.07, 6.45) is 1.98. The molecule has 4 nitrogen and oxygen atoms in total. The fourth-order valence-corrected chi connectivity index (χ4v) is 4.06. The molecule has 0 radical (unpaired) electrons. The van der Waals surface area contributed by atoms with Gasteiger partial charge >= 0.3 is 0 Å². The fraction of sp³-hybridized carbons (Fsp3) is 0.350. The number of nitrogens with zero attached hydrogens (tertiary/aromatic N) is 3. The predicted octanol–water partition coefficient (Wildman–Crippen LogP) is 3.92. The van der Waals surface area contributed by atoms with Gasteiger partial charge in [-0.3, -0.25) is 14.6 Å². The van der Waals surface area contributed by atoms with Crippen LogP contribution in [-0.4, -0.2) is 37.5 Å². The van der Waals surface area contributed by atoms with Gasteiger partial charge in [0.05, 0.1) is 6.04 Å². The molecule has 0 aliphatic carbocycles. The molecule has 0 aromatic heterocycles. The number of amides is 1. The van der Waals surface area contributed by atoms with E-state index in [0.29, 0.717) is 5.02 Å². The van der Waals surface area contributed by atoms with Crippen LogP contribution in [0.2, 0.25) is 5.02 Å². The molecule has 130 valence electrons. The van der Waals surface area contributed by atoms with E-state index in [1.807, 2.05) is 43.3 Å². The van der Waals surface area contributed by atoms with Crippen molar-refractivity contribution in [2.24, 2.45) is 0 Å². The lowest BCUT2D eigenvalue weighted by Gasteiger charge is -2.30. The highest BCUT2D eigenvalue weighted by Crippen LogP contribution is 2.42. The molecule has 2 fully saturated rings. The lowest BCUT2D eigenvalue weighted by molar-refractivity contribution is -0.119. The quantitative estimate of drug-likeness (QED) is 0.835. The van der Waals surface area contributed by atoms with Gasteiger partial charge in [0.2, 0.25) is 5.91 Å². The molecule has 5 heteroatoms. The second-order valence-electron chi connectivity index (χ2n) is 6.94. The van der Waals surface area contributed by atoms with Crippen LogP contribution in [0.3, 0.4) is 0 Å². The van der Waals surface area contributed by atoms with E-state index < -0.39 is 0 Å². The average molecular weight is 356 g/mol. The van der Waals surface area contributed by atoms with Gasteiger partial charge in [-0.15, -0.1) is 0 Å². The van der Waals surface area contributed by atoms with E-state index in [2.05, 4.69) is 34.1 Å². The smallest absolute Gasteiger partial charge is 0.246 e. The molecule has 2 heterocycles. The lowest BCUT2D eigenvalue weighted by Crippen LogP contribution is -2.32. The van der Waals surface area contributed by atoms with Gasteiger partial charge in [-0.05, 0) is 54.8 Å². The van der Waals surface area contributed by atoms with Gasteiger partial charge in [-0.2, -0.15) is 0 Å². The Kier molecular flexibility index (Phi) is 4.18. The van der Waals surface area contributed by atoms with Crippen LogP contribution in [0, 0.1) is 0 Å². The highest BCUT2D eigenvalue weighted by molar-refractivity contribution is 6.30. The second-order valence-corrected chi connectivity index (χ2v) is 7.38. The molecular formula is C20H22ClN3O. The molecule has 2 saturated heterocycles. The molecule has 2 aromatic carbocycles. The van der Waals surface area contributed by atoms with Gasteiger partial charge in [-0.25, -0.2) is 0 Å². The van der Waals surface area contributed by atoms with Gasteiger partial charge in [-0.1, -0.05) is 23.7 Å². The van der Waals surface area contributed by atoms with E-state index >= 15 is 0 Å². The summed E-state index contributed by atoms with van der Waals surface area (Å²) in [7, 11) is 4.06. The molecule has 25 heavy (non-hydrogen) atoms. The maximum absolute atomic E-state index is 13.1. The second kappa shape index (κ2) is 6.36. The van der Waals surface area contributed by atoms with E-state index in [0.717, 1.165) is 36.3 Å². The Labute approximate surface area is 153 Å². The molecule has 4 rings (SSSR count). The maximum atomic E-state index is 13.1. The highest BCUT2D eigenvalue weighted by Gasteiger charge is 2.49. The van der Waals surface area contributed by atoms with Crippen molar-refractivity contribution in [1.82, 2.24) is 4.90 Å². The molecule has 2 atom stereocenters. The van der Waals surface area contributed by atoms with Gasteiger partial charge < -0.3 is 4.90 Å². The van der Waals surface area contributed by atoms with E-state index in [4.69, 9.17) is 11.6 Å². The van der Waals surface area contributed by atoms with Crippen molar-refractivity contribution in [3.63, 3.8) is 0 Å². The SMILES string of the molecule is CN(C)c1ccc([C@H]2N(c3ccc(Cl)cc3)C(=O)[C@@H]3CCCN32)cc1. The summed E-state index contributed by atoms with van der Waals surface area (Å²) >= 11 is 6.03. The average Bonchev–Trinajstić information content (AvgIpc) is 3.18. The van der Waals surface area contributed by atoms with E-state index in [-0.39, 0.29) is 18.1 Å². The zero-order valence-electron chi connectivity index (χ0n) is 14.5. The van der Waals surface area contributed by atoms with Crippen molar-refractivity contribution < 1.29 is 4.79 Å². The van der Waals surface area contributed by atoms with Crippen LogP contribution in [0.5, 0.6) is 0 Å². The molecule has 2 aliphatic rings. The Hall–Kier alpha value is -2.04. The monoisotopic (exact) mass is 355 g/mol. The molecule has 2 aromatic rings. The number of halogens is 1. The topological polar surface area (TPSA) is 26.8 Å². The lowest BCUT2D eigenvalue weighted by atomic mass is 10.1. The molecule has 0 bridgehead atoms. The molecule has 0 spiro atoms. The molecule has 2 aliphatic heterocycles. The van der Waals surface area contributed by atoms with Crippen molar-refractivity contribution in [1.29, 1.82) is 0 Å². The van der Waals surface area contributed by atoms with Crippen molar-refractivity contribution >= 4 is 28.9 Å². The standard InChI is InChI=1S/C20H22ClN3O/c1-22(2)16-9-5-14(6-10-16)19-23-13-3-4-18(23)20(25)24(19)17-11-7-15(21)8-12-17/h5-12,18-19H,3-4,13H2,1-2H3/t18-,19+/m0/s1. The van der Waals surface area contributed by atoms with Crippen LogP contribution in [0.25, 0.3) is 0 Å². The Balaban J connectivity index is 1.75. The number of rotatable bonds is 3. The predicted molar refractivity (Wildman–Crippen MR) is 102 cm³/mol. The summed E-state index contributed by atoms with van der Waals surface area (Å²) < 4.78 is 0. The molecule has 0 saturated carbocycles. The minimum absolute atomic E-state index is 0.00537. The normalized spacial score (nSPS) is 23.2. The molecule has 0 N–H and O–H groups in total. The Morgan fingerprint density at radius 1 is 1.04 bits per heavy atom. The first kappa shape index (κ1) is 16.4. The van der Waals surface area contributed by atoms with E-state index in [1.54, 1.807) is 0 Å². The third-order valence-corrected chi connectivity index (χ3v) is 5.44. The minimum Gasteiger partial charge on any atom is -0.378 e. The van der Waals surface area contributed by atoms with Gasteiger partial charge in [0.1, 0.15) is 6.17 Å². The van der Waals surface area contributed by atoms with E-state index in [1.165, 1.54) is 0 Å². The maximum Gasteiger partial charge on any atom is 0.246 e. The molecule has 1 amide bonds. The summed E-state index contributed by atoms with van der Waals surface area (Å²) in [4.78, 5) is 19.4. The minimum atomic E-state index is -0.0441. The first-order chi connectivity index (χ1) is 12.1. The number of hydrogen-bond donors (Lipinski definition) is 0. The van der Waals surface area contributed by atoms with Gasteiger partial charge in [0.15, 0.2) is 0 Å². The third kappa shape index (κ3) is 2.79. The highest BCUT2D eigenvalue weighted by atomic mass is 35.5. The van der Waals surface area contributed by atoms with Crippen molar-refractivity contribution in [2.75, 3.05) is 30.4 Å². The van der Waals surface area contributed by atoms with Crippen LogP contribution in [0.1, 0.15) is 24.6 Å². The van der Waals surface area contributed by atoms with Gasteiger partial charge in [0, 0.05) is 37.0 Å². The van der Waals surface area contributed by atoms with Crippen LogP contribution >= 0.6 is 11.6 Å². The summed E-state index contributed by atoms with van der Waals surface area (Å²) in [6.45, 7) is 0.959. The third-order valence-electron chi connectivity index (χ3n) is 5.19. The number of benzene rings is 2. The fourth-order valence-electron chi connectivity index (χ4n) is 3.93. The Morgan fingerprint density at radius 3 is 2.36 bits per heavy atom. The van der Waals surface area contributed by atoms with Crippen LogP contribution < -0.4 is 9.80 Å². The summed E-state index contributed by atoms with van der Waals surface area (Å²) in [6, 6.07) is 16.1. The summed E-state index contributed by atoms with van der Waals surface area (Å²) in [5.74, 6) is 0.196. The Morgan fingerprint density at radius 2 is 1.72 bits per heavy atom. The first-order valence-electron chi connectivity index (χ1n) is 8.68. The van der Waals surface area contributed by atoms with Crippen molar-refractivity contribution in [2.45, 2.75) is 25.0 Å². The number of anilines is 2. The Bertz CT molecular complexity index is 773. The number of hydrogen-bond acceptors (Lipinski definition) is 3. The van der Waals surface area contributed by atoms with E-state index in [9.17, 15) is 4.79 Å². The number of carbonyl (C=O) groups excluding carboxylic acids is 1. The molecule has 0 unspecified atom stereocenters. The van der Waals surface area contributed by atoms with Crippen molar-refractivity contribution in [3.05, 3.63) is 59.1 Å². The van der Waals surface area contributed by atoms with Crippen molar-refractivity contribution in [3.8, 4) is 0 Å². The summed E-state index contributed by atoms with van der Waals surface area (Å²) in [5, 5.41) is 0.683. The first-order valence-corrected chi connectivity index (χ1v) is 9.06.